The van der Waals surface area contributed by atoms with Crippen molar-refractivity contribution in [3.8, 4) is 11.1 Å². The molecule has 0 saturated heterocycles. The normalized spacial score (nSPS) is 14.2. The van der Waals surface area contributed by atoms with Crippen molar-refractivity contribution in [3.05, 3.63) is 148 Å². The van der Waals surface area contributed by atoms with Crippen LogP contribution in [-0.2, 0) is 0 Å². The van der Waals surface area contributed by atoms with Crippen LogP contribution in [0.4, 0.5) is 5.69 Å². The van der Waals surface area contributed by atoms with Crippen LogP contribution < -0.4 is 5.32 Å². The van der Waals surface area contributed by atoms with Crippen LogP contribution in [0.15, 0.2) is 126 Å². The van der Waals surface area contributed by atoms with Crippen molar-refractivity contribution in [1.29, 1.82) is 0 Å². The van der Waals surface area contributed by atoms with Gasteiger partial charge in [-0.2, -0.15) is 0 Å². The molecule has 0 amide bonds. The lowest BCUT2D eigenvalue weighted by Crippen LogP contribution is -1.98. The summed E-state index contributed by atoms with van der Waals surface area (Å²) in [6.45, 7) is 8.81. The minimum absolute atomic E-state index is 0.918. The predicted octanol–water partition coefficient (Wildman–Crippen LogP) is 12.3. The summed E-state index contributed by atoms with van der Waals surface area (Å²) in [7, 11) is 0. The minimum Gasteiger partial charge on any atom is -0.359 e. The number of fused-ring (bicyclic) bond motifs is 3. The summed E-state index contributed by atoms with van der Waals surface area (Å²) in [5.41, 5.74) is 12.3. The number of aryl methyl sites for hydroxylation is 1. The number of thiophene rings is 1. The fraction of sp³-hybridized carbons (Fsp3) is 0.150. The largest absolute Gasteiger partial charge is 0.359 e. The van der Waals surface area contributed by atoms with Crippen molar-refractivity contribution in [2.45, 2.75) is 40.5 Å². The van der Waals surface area contributed by atoms with Gasteiger partial charge in [0.25, 0.3) is 0 Å². The van der Waals surface area contributed by atoms with Gasteiger partial charge in [-0.05, 0) is 108 Å². The second-order valence-corrected chi connectivity index (χ2v) is 12.7. The molecule has 1 aromatic heterocycles. The number of allylic oxidation sites excluding steroid dienone is 9. The predicted molar refractivity (Wildman–Crippen MR) is 195 cm³/mol. The van der Waals surface area contributed by atoms with E-state index in [9.17, 15) is 0 Å². The minimum atomic E-state index is 0.918. The van der Waals surface area contributed by atoms with Crippen LogP contribution in [0.1, 0.15) is 48.9 Å². The Kier molecular flexibility index (Phi) is 8.56. The Labute approximate surface area is 265 Å². The molecular weight excluding hydrogens is 559 g/mol. The van der Waals surface area contributed by atoms with E-state index in [2.05, 4.69) is 148 Å². The van der Waals surface area contributed by atoms with E-state index in [4.69, 9.17) is 12.6 Å². The van der Waals surface area contributed by atoms with Crippen LogP contribution >= 0.6 is 24.0 Å². The first-order chi connectivity index (χ1) is 20.9. The lowest BCUT2D eigenvalue weighted by atomic mass is 9.90. The number of hydrogen-bond acceptors (Lipinski definition) is 3. The van der Waals surface area contributed by atoms with Gasteiger partial charge in [-0.1, -0.05) is 91.9 Å². The third-order valence-electron chi connectivity index (χ3n) is 8.21. The van der Waals surface area contributed by atoms with E-state index in [0.29, 0.717) is 0 Å². The maximum absolute atomic E-state index is 4.80. The average molecular weight is 596 g/mol. The maximum Gasteiger partial charge on any atom is 0.0430 e. The number of hydrogen-bond donors (Lipinski definition) is 2. The van der Waals surface area contributed by atoms with Crippen molar-refractivity contribution < 1.29 is 0 Å². The van der Waals surface area contributed by atoms with Gasteiger partial charge in [-0.3, -0.25) is 0 Å². The molecule has 1 N–H and O–H groups in total. The lowest BCUT2D eigenvalue weighted by Gasteiger charge is -2.17. The second kappa shape index (κ2) is 12.7. The summed E-state index contributed by atoms with van der Waals surface area (Å²) >= 11 is 6.68. The van der Waals surface area contributed by atoms with Gasteiger partial charge in [0, 0.05) is 36.5 Å². The second-order valence-electron chi connectivity index (χ2n) is 11.2. The molecule has 0 saturated carbocycles. The number of benzene rings is 4. The number of thiol groups is 1. The smallest absolute Gasteiger partial charge is 0.0430 e. The van der Waals surface area contributed by atoms with Crippen LogP contribution in [0, 0.1) is 13.8 Å². The van der Waals surface area contributed by atoms with Gasteiger partial charge in [0.2, 0.25) is 0 Å². The van der Waals surface area contributed by atoms with Crippen molar-refractivity contribution in [3.63, 3.8) is 0 Å². The van der Waals surface area contributed by atoms with Crippen LogP contribution in [0.3, 0.4) is 0 Å². The van der Waals surface area contributed by atoms with Crippen molar-refractivity contribution in [2.24, 2.45) is 0 Å². The summed E-state index contributed by atoms with van der Waals surface area (Å²) in [4.78, 5) is 1.01. The lowest BCUT2D eigenvalue weighted by molar-refractivity contribution is 1.10. The number of anilines is 1. The number of nitrogens with one attached hydrogen (secondary N) is 1. The molecule has 0 atom stereocenters. The Morgan fingerprint density at radius 3 is 2.49 bits per heavy atom. The monoisotopic (exact) mass is 595 g/mol. The van der Waals surface area contributed by atoms with Crippen molar-refractivity contribution in [2.75, 3.05) is 5.32 Å². The molecule has 4 aromatic carbocycles. The summed E-state index contributed by atoms with van der Waals surface area (Å²) in [6, 6.07) is 28.8. The molecule has 1 heterocycles. The molecule has 1 nitrogen and oxygen atoms in total. The quantitative estimate of drug-likeness (QED) is 0.141. The summed E-state index contributed by atoms with van der Waals surface area (Å²) in [5.74, 6) is 0. The molecule has 6 rings (SSSR count). The van der Waals surface area contributed by atoms with Gasteiger partial charge < -0.3 is 5.32 Å². The van der Waals surface area contributed by atoms with Crippen LogP contribution in [0.25, 0.3) is 42.4 Å². The zero-order chi connectivity index (χ0) is 29.9. The molecule has 0 spiro atoms. The van der Waals surface area contributed by atoms with Gasteiger partial charge in [0.05, 0.1) is 0 Å². The van der Waals surface area contributed by atoms with E-state index in [0.717, 1.165) is 23.4 Å². The zero-order valence-corrected chi connectivity index (χ0v) is 27.0. The van der Waals surface area contributed by atoms with E-state index in [-0.39, 0.29) is 0 Å². The van der Waals surface area contributed by atoms with Crippen molar-refractivity contribution >= 4 is 61.0 Å². The zero-order valence-electron chi connectivity index (χ0n) is 25.2. The highest BCUT2D eigenvalue weighted by molar-refractivity contribution is 7.85. The molecule has 0 fully saturated rings. The van der Waals surface area contributed by atoms with E-state index >= 15 is 0 Å². The fourth-order valence-electron chi connectivity index (χ4n) is 5.84. The molecule has 214 valence electrons. The summed E-state index contributed by atoms with van der Waals surface area (Å²) in [5, 5.41) is 6.34. The van der Waals surface area contributed by atoms with Gasteiger partial charge in [-0.25, -0.2) is 0 Å². The highest BCUT2D eigenvalue weighted by Gasteiger charge is 2.14. The Bertz CT molecular complexity index is 1980. The molecule has 1 aliphatic carbocycles. The van der Waals surface area contributed by atoms with Crippen LogP contribution in [0.2, 0.25) is 0 Å². The van der Waals surface area contributed by atoms with E-state index < -0.39 is 0 Å². The maximum atomic E-state index is 4.80. The van der Waals surface area contributed by atoms with E-state index in [1.807, 2.05) is 11.3 Å². The van der Waals surface area contributed by atoms with Gasteiger partial charge in [0.15, 0.2) is 0 Å². The first kappa shape index (κ1) is 29.0. The Morgan fingerprint density at radius 2 is 1.67 bits per heavy atom. The molecule has 0 radical (unpaired) electrons. The van der Waals surface area contributed by atoms with E-state index in [1.54, 1.807) is 0 Å². The molecule has 43 heavy (non-hydrogen) atoms. The van der Waals surface area contributed by atoms with Crippen molar-refractivity contribution in [1.82, 2.24) is 0 Å². The Morgan fingerprint density at radius 1 is 0.907 bits per heavy atom. The van der Waals surface area contributed by atoms with Gasteiger partial charge in [-0.15, -0.1) is 24.0 Å². The molecular formula is C40H37NS2. The Hall–Kier alpha value is -4.05. The fourth-order valence-corrected chi connectivity index (χ4v) is 7.42. The molecule has 3 heteroatoms. The topological polar surface area (TPSA) is 12.0 Å². The molecule has 5 aromatic rings. The third-order valence-corrected chi connectivity index (χ3v) is 9.82. The van der Waals surface area contributed by atoms with Gasteiger partial charge >= 0.3 is 0 Å². The molecule has 0 bridgehead atoms. The number of rotatable bonds is 7. The summed E-state index contributed by atoms with van der Waals surface area (Å²) < 4.78 is 2.70. The van der Waals surface area contributed by atoms with Gasteiger partial charge in [0.1, 0.15) is 0 Å². The third kappa shape index (κ3) is 6.06. The van der Waals surface area contributed by atoms with Crippen LogP contribution in [-0.4, -0.2) is 0 Å². The SMILES string of the molecule is CC/C(=C\C=C(/C)c1cccc2c1sc1ccccc12)Nc1ccc(-c2cc(C)cc(C3=CCC=CC=C3S)c2C)cc1. The molecule has 1 aliphatic rings. The first-order valence-corrected chi connectivity index (χ1v) is 16.2. The van der Waals surface area contributed by atoms with Crippen LogP contribution in [0.5, 0.6) is 0 Å². The molecule has 0 unspecified atom stereocenters. The standard InChI is InChI=1S/C40H37NS2/c1-5-30(21-18-27(3)32-14-11-15-35-34-13-9-10-17-39(34)43-40(32)35)41-31-22-19-29(20-23-31)36-24-26(2)25-37(28(36)4)33-12-7-6-8-16-38(33)42/h6,8-25,41-42H,5,7H2,1-4H3/b27-18+,30-21+. The summed E-state index contributed by atoms with van der Waals surface area (Å²) in [6.07, 6.45) is 14.9. The average Bonchev–Trinajstić information content (AvgIpc) is 3.27. The molecule has 0 aliphatic heterocycles. The van der Waals surface area contributed by atoms with E-state index in [1.165, 1.54) is 70.4 Å². The first-order valence-electron chi connectivity index (χ1n) is 15.0. The Balaban J connectivity index is 1.24. The highest BCUT2D eigenvalue weighted by atomic mass is 32.1. The highest BCUT2D eigenvalue weighted by Crippen LogP contribution is 2.39.